The molecule has 1 aromatic heterocycles. The molecule has 0 saturated heterocycles. The number of aromatic nitrogens is 1. The summed E-state index contributed by atoms with van der Waals surface area (Å²) < 4.78 is 0. The number of hydrogen-bond donors (Lipinski definition) is 1. The minimum absolute atomic E-state index is 0.632. The minimum atomic E-state index is 0.632. The maximum atomic E-state index is 4.27. The van der Waals surface area contributed by atoms with Crippen LogP contribution >= 0.6 is 0 Å². The molecule has 1 atom stereocenters. The fraction of sp³-hybridized carbons (Fsp3) is 0.308. The van der Waals surface area contributed by atoms with Gasteiger partial charge in [0.15, 0.2) is 0 Å². The smallest absolute Gasteiger partial charge is 0.0457 e. The number of nitrogens with one attached hydrogen (secondary N) is 1. The van der Waals surface area contributed by atoms with Crippen molar-refractivity contribution in [2.24, 2.45) is 4.99 Å². The second kappa shape index (κ2) is 3.54. The first-order valence-electron chi connectivity index (χ1n) is 5.40. The van der Waals surface area contributed by atoms with Gasteiger partial charge < -0.3 is 4.98 Å². The molecule has 2 heterocycles. The Labute approximate surface area is 89.0 Å². The van der Waals surface area contributed by atoms with Crippen molar-refractivity contribution in [3.05, 3.63) is 36.0 Å². The van der Waals surface area contributed by atoms with Crippen LogP contribution in [0.1, 0.15) is 24.3 Å². The predicted molar refractivity (Wildman–Crippen MR) is 62.5 cm³/mol. The Kier molecular flexibility index (Phi) is 2.05. The lowest BCUT2D eigenvalue weighted by Gasteiger charge is -2.16. The first-order chi connectivity index (χ1) is 7.45. The molecule has 2 aromatic rings. The lowest BCUT2D eigenvalue weighted by Crippen LogP contribution is -2.06. The molecule has 0 saturated carbocycles. The lowest BCUT2D eigenvalue weighted by molar-refractivity contribution is 0.642. The van der Waals surface area contributed by atoms with Gasteiger partial charge in [-0.15, -0.1) is 0 Å². The molecule has 3 rings (SSSR count). The molecule has 0 spiro atoms. The van der Waals surface area contributed by atoms with E-state index < -0.39 is 0 Å². The zero-order valence-electron chi connectivity index (χ0n) is 8.53. The van der Waals surface area contributed by atoms with Gasteiger partial charge in [-0.05, 0) is 48.7 Å². The Morgan fingerprint density at radius 3 is 3.33 bits per heavy atom. The van der Waals surface area contributed by atoms with E-state index in [1.165, 1.54) is 22.9 Å². The maximum Gasteiger partial charge on any atom is 0.0457 e. The van der Waals surface area contributed by atoms with Crippen LogP contribution in [-0.4, -0.2) is 17.7 Å². The summed E-state index contributed by atoms with van der Waals surface area (Å²) in [5.41, 5.74) is 2.64. The van der Waals surface area contributed by atoms with E-state index in [9.17, 15) is 0 Å². The Hall–Kier alpha value is -1.57. The molecule has 1 unspecified atom stereocenters. The third-order valence-corrected chi connectivity index (χ3v) is 3.12. The van der Waals surface area contributed by atoms with Crippen LogP contribution in [-0.2, 0) is 0 Å². The normalized spacial score (nSPS) is 20.9. The summed E-state index contributed by atoms with van der Waals surface area (Å²) in [5, 5.41) is 1.32. The number of nitrogens with zero attached hydrogens (tertiary/aromatic N) is 1. The summed E-state index contributed by atoms with van der Waals surface area (Å²) in [7, 11) is 0. The zero-order chi connectivity index (χ0) is 10.1. The number of aliphatic imine (C=N–C) groups is 1. The van der Waals surface area contributed by atoms with E-state index in [0.29, 0.717) is 5.92 Å². The van der Waals surface area contributed by atoms with Gasteiger partial charge in [-0.25, -0.2) is 0 Å². The van der Waals surface area contributed by atoms with Gasteiger partial charge in [0.2, 0.25) is 0 Å². The Morgan fingerprint density at radius 1 is 1.47 bits per heavy atom. The zero-order valence-corrected chi connectivity index (χ0v) is 8.53. The molecule has 0 fully saturated rings. The summed E-state index contributed by atoms with van der Waals surface area (Å²) in [5.74, 6) is 0.632. The molecular weight excluding hydrogens is 184 g/mol. The van der Waals surface area contributed by atoms with Crippen molar-refractivity contribution in [3.8, 4) is 0 Å². The van der Waals surface area contributed by atoms with Crippen LogP contribution in [0.25, 0.3) is 10.9 Å². The minimum Gasteiger partial charge on any atom is -0.361 e. The lowest BCUT2D eigenvalue weighted by atomic mass is 9.91. The van der Waals surface area contributed by atoms with E-state index in [1.807, 2.05) is 6.07 Å². The molecule has 1 aliphatic heterocycles. The van der Waals surface area contributed by atoms with E-state index in [2.05, 4.69) is 40.6 Å². The second-order valence-electron chi connectivity index (χ2n) is 4.03. The highest BCUT2D eigenvalue weighted by atomic mass is 14.7. The standard InChI is InChI=1S/C13H13N2/c1-2-4-13-11(3-1)12(9-15-13)10-5-7-14-8-6-10/h2-4,7,9-10,15H,5-6,8H2. The summed E-state index contributed by atoms with van der Waals surface area (Å²) in [6.45, 7) is 0.966. The highest BCUT2D eigenvalue weighted by Crippen LogP contribution is 2.30. The summed E-state index contributed by atoms with van der Waals surface area (Å²) in [6.07, 6.45) is 6.43. The molecule has 75 valence electrons. The summed E-state index contributed by atoms with van der Waals surface area (Å²) in [4.78, 5) is 7.60. The van der Waals surface area contributed by atoms with Crippen LogP contribution in [0, 0.1) is 6.07 Å². The van der Waals surface area contributed by atoms with Gasteiger partial charge in [-0.2, -0.15) is 0 Å². The van der Waals surface area contributed by atoms with Crippen LogP contribution in [0.5, 0.6) is 0 Å². The van der Waals surface area contributed by atoms with Gasteiger partial charge in [0.05, 0.1) is 0 Å². The number of aromatic amines is 1. The molecule has 1 N–H and O–H groups in total. The van der Waals surface area contributed by atoms with Crippen LogP contribution in [0.4, 0.5) is 0 Å². The molecule has 1 aliphatic rings. The van der Waals surface area contributed by atoms with Crippen LogP contribution in [0.3, 0.4) is 0 Å². The van der Waals surface area contributed by atoms with Gasteiger partial charge in [0.25, 0.3) is 0 Å². The number of fused-ring (bicyclic) bond motifs is 1. The molecule has 1 aromatic carbocycles. The predicted octanol–water partition coefficient (Wildman–Crippen LogP) is 2.92. The van der Waals surface area contributed by atoms with Crippen molar-refractivity contribution in [2.75, 3.05) is 6.54 Å². The van der Waals surface area contributed by atoms with E-state index in [1.54, 1.807) is 0 Å². The van der Waals surface area contributed by atoms with E-state index in [4.69, 9.17) is 0 Å². The van der Waals surface area contributed by atoms with Crippen molar-refractivity contribution in [1.82, 2.24) is 4.98 Å². The number of hydrogen-bond acceptors (Lipinski definition) is 1. The van der Waals surface area contributed by atoms with Gasteiger partial charge >= 0.3 is 0 Å². The van der Waals surface area contributed by atoms with Crippen molar-refractivity contribution in [1.29, 1.82) is 0 Å². The van der Waals surface area contributed by atoms with Crippen molar-refractivity contribution >= 4 is 17.1 Å². The fourth-order valence-corrected chi connectivity index (χ4v) is 2.29. The second-order valence-corrected chi connectivity index (χ2v) is 4.03. The average molecular weight is 197 g/mol. The topological polar surface area (TPSA) is 28.1 Å². The largest absolute Gasteiger partial charge is 0.361 e. The fourth-order valence-electron chi connectivity index (χ4n) is 2.29. The molecule has 0 amide bonds. The number of benzene rings is 1. The van der Waals surface area contributed by atoms with E-state index in [-0.39, 0.29) is 0 Å². The SMILES string of the molecule is [c]1ccc2[nH]cc(C3CC=NCC3)c2c1. The number of H-pyrrole nitrogens is 1. The van der Waals surface area contributed by atoms with Gasteiger partial charge in [0, 0.05) is 23.6 Å². The Morgan fingerprint density at radius 2 is 2.47 bits per heavy atom. The molecule has 15 heavy (non-hydrogen) atoms. The summed E-state index contributed by atoms with van der Waals surface area (Å²) in [6, 6.07) is 9.25. The Bertz CT molecular complexity index is 496. The van der Waals surface area contributed by atoms with E-state index in [0.717, 1.165) is 13.0 Å². The quantitative estimate of drug-likeness (QED) is 0.728. The maximum absolute atomic E-state index is 4.27. The van der Waals surface area contributed by atoms with Gasteiger partial charge in [-0.1, -0.05) is 6.07 Å². The first kappa shape index (κ1) is 8.72. The molecule has 0 aliphatic carbocycles. The molecule has 0 bridgehead atoms. The summed E-state index contributed by atoms with van der Waals surface area (Å²) >= 11 is 0. The van der Waals surface area contributed by atoms with Crippen molar-refractivity contribution in [2.45, 2.75) is 18.8 Å². The van der Waals surface area contributed by atoms with Gasteiger partial charge in [-0.3, -0.25) is 4.99 Å². The van der Waals surface area contributed by atoms with Crippen LogP contribution in [0.2, 0.25) is 0 Å². The van der Waals surface area contributed by atoms with Gasteiger partial charge in [0.1, 0.15) is 0 Å². The van der Waals surface area contributed by atoms with Crippen molar-refractivity contribution in [3.63, 3.8) is 0 Å². The van der Waals surface area contributed by atoms with Crippen molar-refractivity contribution < 1.29 is 0 Å². The number of rotatable bonds is 1. The molecular formula is C13H13N2. The highest BCUT2D eigenvalue weighted by molar-refractivity contribution is 5.84. The molecule has 2 nitrogen and oxygen atoms in total. The third kappa shape index (κ3) is 1.46. The highest BCUT2D eigenvalue weighted by Gasteiger charge is 2.16. The molecule has 2 heteroatoms. The van der Waals surface area contributed by atoms with E-state index >= 15 is 0 Å². The first-order valence-corrected chi connectivity index (χ1v) is 5.40. The Balaban J connectivity index is 2.07. The monoisotopic (exact) mass is 197 g/mol. The molecule has 1 radical (unpaired) electrons. The van der Waals surface area contributed by atoms with Crippen LogP contribution < -0.4 is 0 Å². The average Bonchev–Trinajstić information content (AvgIpc) is 2.74. The third-order valence-electron chi connectivity index (χ3n) is 3.12. The van der Waals surface area contributed by atoms with Crippen LogP contribution in [0.15, 0.2) is 29.4 Å².